The number of amides is 1. The van der Waals surface area contributed by atoms with Gasteiger partial charge in [-0.2, -0.15) is 0 Å². The molecule has 22 heavy (non-hydrogen) atoms. The van der Waals surface area contributed by atoms with Gasteiger partial charge in [0, 0.05) is 38.9 Å². The molecule has 1 amide bonds. The van der Waals surface area contributed by atoms with Crippen LogP contribution in [0.4, 0.5) is 5.69 Å². The molecule has 0 spiro atoms. The highest BCUT2D eigenvalue weighted by molar-refractivity contribution is 5.82. The monoisotopic (exact) mass is 303 g/mol. The van der Waals surface area contributed by atoms with E-state index < -0.39 is 0 Å². The molecule has 1 fully saturated rings. The summed E-state index contributed by atoms with van der Waals surface area (Å²) < 4.78 is 0. The first-order valence-electron chi connectivity index (χ1n) is 7.78. The molecule has 2 rings (SSSR count). The van der Waals surface area contributed by atoms with Gasteiger partial charge in [-0.05, 0) is 24.1 Å². The van der Waals surface area contributed by atoms with E-state index in [-0.39, 0.29) is 5.91 Å². The van der Waals surface area contributed by atoms with Crippen molar-refractivity contribution in [1.82, 2.24) is 16.0 Å². The van der Waals surface area contributed by atoms with Gasteiger partial charge in [-0.15, -0.1) is 0 Å². The highest BCUT2D eigenvalue weighted by Crippen LogP contribution is 2.15. The number of hydrogen-bond acceptors (Lipinski definition) is 3. The Labute approximate surface area is 132 Å². The molecule has 120 valence electrons. The van der Waals surface area contributed by atoms with Gasteiger partial charge in [0.2, 0.25) is 5.91 Å². The molecule has 1 aromatic rings. The summed E-state index contributed by atoms with van der Waals surface area (Å²) in [6, 6.07) is 8.31. The van der Waals surface area contributed by atoms with Gasteiger partial charge in [0.1, 0.15) is 0 Å². The summed E-state index contributed by atoms with van der Waals surface area (Å²) in [5.74, 6) is 0.904. The van der Waals surface area contributed by atoms with Crippen LogP contribution in [-0.2, 0) is 11.3 Å². The molecule has 0 bridgehead atoms. The predicted molar refractivity (Wildman–Crippen MR) is 90.2 cm³/mol. The fourth-order valence-electron chi connectivity index (χ4n) is 2.33. The molecule has 0 aliphatic carbocycles. The molecule has 0 saturated carbocycles. The molecule has 1 aliphatic heterocycles. The molecule has 1 aromatic carbocycles. The summed E-state index contributed by atoms with van der Waals surface area (Å²) in [6.07, 6.45) is 1.07. The van der Waals surface area contributed by atoms with Crippen molar-refractivity contribution in [3.05, 3.63) is 29.8 Å². The number of piperazine rings is 1. The molecule has 1 aliphatic rings. The molecule has 0 radical (unpaired) electrons. The second-order valence-electron chi connectivity index (χ2n) is 5.29. The second-order valence-corrected chi connectivity index (χ2v) is 5.29. The number of anilines is 1. The summed E-state index contributed by atoms with van der Waals surface area (Å²) >= 11 is 0. The Morgan fingerprint density at radius 3 is 2.73 bits per heavy atom. The maximum Gasteiger partial charge on any atom is 0.239 e. The van der Waals surface area contributed by atoms with Gasteiger partial charge in [0.15, 0.2) is 5.96 Å². The molecule has 1 saturated heterocycles. The molecule has 0 unspecified atom stereocenters. The SMILES string of the molecule is CCCNC(=NC)NCc1ccc(N2CCNC(=O)C2)cc1. The molecule has 1 heterocycles. The zero-order valence-electron chi connectivity index (χ0n) is 13.4. The van der Waals surface area contributed by atoms with Crippen LogP contribution in [0, 0.1) is 0 Å². The van der Waals surface area contributed by atoms with Crippen LogP contribution in [0.2, 0.25) is 0 Å². The van der Waals surface area contributed by atoms with Gasteiger partial charge in [0.05, 0.1) is 6.54 Å². The van der Waals surface area contributed by atoms with Crippen LogP contribution >= 0.6 is 0 Å². The number of aliphatic imine (C=N–C) groups is 1. The molecule has 6 heteroatoms. The zero-order chi connectivity index (χ0) is 15.8. The van der Waals surface area contributed by atoms with E-state index in [1.165, 1.54) is 5.56 Å². The lowest BCUT2D eigenvalue weighted by Gasteiger charge is -2.28. The number of carbonyl (C=O) groups excluding carboxylic acids is 1. The normalized spacial score (nSPS) is 15.5. The minimum absolute atomic E-state index is 0.0859. The topological polar surface area (TPSA) is 68.8 Å². The Morgan fingerprint density at radius 1 is 1.32 bits per heavy atom. The van der Waals surface area contributed by atoms with Crippen molar-refractivity contribution < 1.29 is 4.79 Å². The van der Waals surface area contributed by atoms with Crippen molar-refractivity contribution in [2.45, 2.75) is 19.9 Å². The number of nitrogens with zero attached hydrogens (tertiary/aromatic N) is 2. The summed E-state index contributed by atoms with van der Waals surface area (Å²) in [6.45, 7) is 5.77. The van der Waals surface area contributed by atoms with Crippen LogP contribution < -0.4 is 20.9 Å². The Balaban J connectivity index is 1.87. The minimum atomic E-state index is 0.0859. The van der Waals surface area contributed by atoms with Gasteiger partial charge in [0.25, 0.3) is 0 Å². The van der Waals surface area contributed by atoms with Crippen molar-refractivity contribution in [3.8, 4) is 0 Å². The molecular formula is C16H25N5O. The second kappa shape index (κ2) is 8.26. The minimum Gasteiger partial charge on any atom is -0.360 e. The number of hydrogen-bond donors (Lipinski definition) is 3. The first-order valence-corrected chi connectivity index (χ1v) is 7.78. The van der Waals surface area contributed by atoms with Crippen LogP contribution in [0.25, 0.3) is 0 Å². The van der Waals surface area contributed by atoms with E-state index in [0.717, 1.165) is 37.7 Å². The number of rotatable bonds is 5. The van der Waals surface area contributed by atoms with Gasteiger partial charge in [-0.3, -0.25) is 9.79 Å². The lowest BCUT2D eigenvalue weighted by atomic mass is 10.2. The molecular weight excluding hydrogens is 278 g/mol. The summed E-state index contributed by atoms with van der Waals surface area (Å²) in [5.41, 5.74) is 2.27. The van der Waals surface area contributed by atoms with Crippen LogP contribution in [0.5, 0.6) is 0 Å². The summed E-state index contributed by atoms with van der Waals surface area (Å²) in [4.78, 5) is 17.7. The Morgan fingerprint density at radius 2 is 2.09 bits per heavy atom. The predicted octanol–water partition coefficient (Wildman–Crippen LogP) is 0.698. The number of benzene rings is 1. The fraction of sp³-hybridized carbons (Fsp3) is 0.500. The molecule has 0 aromatic heterocycles. The maximum absolute atomic E-state index is 11.4. The van der Waals surface area contributed by atoms with Gasteiger partial charge in [-0.25, -0.2) is 0 Å². The number of guanidine groups is 1. The lowest BCUT2D eigenvalue weighted by Crippen LogP contribution is -2.47. The molecule has 0 atom stereocenters. The van der Waals surface area contributed by atoms with E-state index in [2.05, 4.69) is 57.0 Å². The van der Waals surface area contributed by atoms with E-state index in [0.29, 0.717) is 13.1 Å². The first-order chi connectivity index (χ1) is 10.7. The Kier molecular flexibility index (Phi) is 6.06. The van der Waals surface area contributed by atoms with Crippen LogP contribution in [-0.4, -0.2) is 45.1 Å². The Hall–Kier alpha value is -2.24. The maximum atomic E-state index is 11.4. The standard InChI is InChI=1S/C16H25N5O/c1-3-8-19-16(17-2)20-11-13-4-6-14(7-5-13)21-10-9-18-15(22)12-21/h4-7H,3,8-12H2,1-2H3,(H,18,22)(H2,17,19,20). The van der Waals surface area contributed by atoms with E-state index in [1.54, 1.807) is 7.05 Å². The summed E-state index contributed by atoms with van der Waals surface area (Å²) in [5, 5.41) is 9.37. The van der Waals surface area contributed by atoms with E-state index in [1.807, 2.05) is 0 Å². The van der Waals surface area contributed by atoms with Gasteiger partial charge >= 0.3 is 0 Å². The van der Waals surface area contributed by atoms with Crippen molar-refractivity contribution in [2.75, 3.05) is 38.1 Å². The van der Waals surface area contributed by atoms with Crippen molar-refractivity contribution in [2.24, 2.45) is 4.99 Å². The van der Waals surface area contributed by atoms with Crippen LogP contribution in [0.15, 0.2) is 29.3 Å². The Bertz CT molecular complexity index is 512. The third kappa shape index (κ3) is 4.65. The zero-order valence-corrected chi connectivity index (χ0v) is 13.4. The largest absolute Gasteiger partial charge is 0.360 e. The van der Waals surface area contributed by atoms with Crippen LogP contribution in [0.3, 0.4) is 0 Å². The van der Waals surface area contributed by atoms with E-state index in [4.69, 9.17) is 0 Å². The van der Waals surface area contributed by atoms with Crippen molar-refractivity contribution >= 4 is 17.6 Å². The summed E-state index contributed by atoms with van der Waals surface area (Å²) in [7, 11) is 1.77. The van der Waals surface area contributed by atoms with Gasteiger partial charge < -0.3 is 20.9 Å². The third-order valence-corrected chi connectivity index (χ3v) is 3.57. The van der Waals surface area contributed by atoms with Crippen LogP contribution in [0.1, 0.15) is 18.9 Å². The van der Waals surface area contributed by atoms with Gasteiger partial charge in [-0.1, -0.05) is 19.1 Å². The lowest BCUT2D eigenvalue weighted by molar-refractivity contribution is -0.120. The molecule has 3 N–H and O–H groups in total. The quantitative estimate of drug-likeness (QED) is 0.553. The van der Waals surface area contributed by atoms with E-state index in [9.17, 15) is 4.79 Å². The number of nitrogens with one attached hydrogen (secondary N) is 3. The van der Waals surface area contributed by atoms with Crippen molar-refractivity contribution in [3.63, 3.8) is 0 Å². The average molecular weight is 303 g/mol. The smallest absolute Gasteiger partial charge is 0.239 e. The fourth-order valence-corrected chi connectivity index (χ4v) is 2.33. The van der Waals surface area contributed by atoms with Crippen molar-refractivity contribution in [1.29, 1.82) is 0 Å². The van der Waals surface area contributed by atoms with E-state index >= 15 is 0 Å². The average Bonchev–Trinajstić information content (AvgIpc) is 2.55. The molecule has 6 nitrogen and oxygen atoms in total. The highest BCUT2D eigenvalue weighted by Gasteiger charge is 2.16. The first kappa shape index (κ1) is 16.1. The highest BCUT2D eigenvalue weighted by atomic mass is 16.2. The number of carbonyl (C=O) groups is 1. The third-order valence-electron chi connectivity index (χ3n) is 3.57.